The average Bonchev–Trinajstić information content (AvgIpc) is 2.45. The monoisotopic (exact) mass is 336 g/mol. The van der Waals surface area contributed by atoms with Crippen molar-refractivity contribution in [2.24, 2.45) is 5.73 Å². The SMILES string of the molecule is CCCCC(CN)NC(=O)Cc1ccccc1OC(F)F.Cl. The lowest BCUT2D eigenvalue weighted by molar-refractivity contribution is -0.121. The van der Waals surface area contributed by atoms with Crippen LogP contribution in [0.5, 0.6) is 5.75 Å². The number of amides is 1. The minimum absolute atomic E-state index is 0. The Kier molecular flexibility index (Phi) is 10.5. The summed E-state index contributed by atoms with van der Waals surface area (Å²) < 4.78 is 29.0. The molecular formula is C15H23ClF2N2O2. The third-order valence-electron chi connectivity index (χ3n) is 3.10. The molecule has 1 rings (SSSR count). The van der Waals surface area contributed by atoms with Crippen LogP contribution in [-0.2, 0) is 11.2 Å². The van der Waals surface area contributed by atoms with Crippen LogP contribution in [0.3, 0.4) is 0 Å². The number of nitrogens with two attached hydrogens (primary N) is 1. The molecule has 0 radical (unpaired) electrons. The molecule has 7 heteroatoms. The van der Waals surface area contributed by atoms with Crippen molar-refractivity contribution in [3.63, 3.8) is 0 Å². The van der Waals surface area contributed by atoms with Crippen LogP contribution in [-0.4, -0.2) is 25.1 Å². The molecule has 0 bridgehead atoms. The van der Waals surface area contributed by atoms with Crippen LogP contribution in [0, 0.1) is 0 Å². The summed E-state index contributed by atoms with van der Waals surface area (Å²) in [6.07, 6.45) is 2.81. The van der Waals surface area contributed by atoms with E-state index in [1.165, 1.54) is 6.07 Å². The van der Waals surface area contributed by atoms with Gasteiger partial charge in [0, 0.05) is 18.2 Å². The number of alkyl halides is 2. The molecule has 1 aromatic rings. The van der Waals surface area contributed by atoms with E-state index < -0.39 is 6.61 Å². The second kappa shape index (κ2) is 11.2. The molecule has 1 atom stereocenters. The van der Waals surface area contributed by atoms with E-state index in [9.17, 15) is 13.6 Å². The van der Waals surface area contributed by atoms with E-state index in [2.05, 4.69) is 17.0 Å². The molecule has 0 fully saturated rings. The molecule has 0 aliphatic rings. The van der Waals surface area contributed by atoms with E-state index in [1.54, 1.807) is 18.2 Å². The predicted octanol–water partition coefficient (Wildman–Crippen LogP) is 2.89. The van der Waals surface area contributed by atoms with E-state index in [1.807, 2.05) is 0 Å². The Morgan fingerprint density at radius 2 is 2.05 bits per heavy atom. The van der Waals surface area contributed by atoms with Gasteiger partial charge in [0.05, 0.1) is 6.42 Å². The highest BCUT2D eigenvalue weighted by Crippen LogP contribution is 2.20. The summed E-state index contributed by atoms with van der Waals surface area (Å²) >= 11 is 0. The van der Waals surface area contributed by atoms with Crippen molar-refractivity contribution in [2.75, 3.05) is 6.54 Å². The quantitative estimate of drug-likeness (QED) is 0.728. The van der Waals surface area contributed by atoms with Gasteiger partial charge < -0.3 is 15.8 Å². The zero-order valence-electron chi connectivity index (χ0n) is 12.6. The maximum atomic E-state index is 12.3. The van der Waals surface area contributed by atoms with Crippen molar-refractivity contribution < 1.29 is 18.3 Å². The van der Waals surface area contributed by atoms with Crippen LogP contribution in [0.2, 0.25) is 0 Å². The second-order valence-electron chi connectivity index (χ2n) is 4.81. The van der Waals surface area contributed by atoms with Gasteiger partial charge in [0.1, 0.15) is 5.75 Å². The highest BCUT2D eigenvalue weighted by molar-refractivity contribution is 5.85. The summed E-state index contributed by atoms with van der Waals surface area (Å²) in [5, 5.41) is 2.82. The van der Waals surface area contributed by atoms with Gasteiger partial charge in [0.15, 0.2) is 0 Å². The molecule has 0 spiro atoms. The zero-order chi connectivity index (χ0) is 15.7. The van der Waals surface area contributed by atoms with Crippen molar-refractivity contribution in [2.45, 2.75) is 45.3 Å². The van der Waals surface area contributed by atoms with Crippen LogP contribution in [0.15, 0.2) is 24.3 Å². The lowest BCUT2D eigenvalue weighted by Crippen LogP contribution is -2.40. The van der Waals surface area contributed by atoms with Crippen molar-refractivity contribution >= 4 is 18.3 Å². The number of unbranched alkanes of at least 4 members (excludes halogenated alkanes) is 1. The number of carbonyl (C=O) groups excluding carboxylic acids is 1. The van der Waals surface area contributed by atoms with Crippen LogP contribution in [0.4, 0.5) is 8.78 Å². The van der Waals surface area contributed by atoms with Gasteiger partial charge in [-0.05, 0) is 12.5 Å². The van der Waals surface area contributed by atoms with Gasteiger partial charge in [-0.2, -0.15) is 8.78 Å². The Balaban J connectivity index is 0.00000441. The van der Waals surface area contributed by atoms with Crippen LogP contribution in [0.25, 0.3) is 0 Å². The Labute approximate surface area is 135 Å². The number of carbonyl (C=O) groups is 1. The average molecular weight is 337 g/mol. The molecule has 1 aromatic carbocycles. The van der Waals surface area contributed by atoms with Crippen LogP contribution in [0.1, 0.15) is 31.7 Å². The van der Waals surface area contributed by atoms with Crippen molar-refractivity contribution in [3.05, 3.63) is 29.8 Å². The van der Waals surface area contributed by atoms with Gasteiger partial charge in [0.25, 0.3) is 0 Å². The smallest absolute Gasteiger partial charge is 0.387 e. The number of para-hydroxylation sites is 1. The lowest BCUT2D eigenvalue weighted by atomic mass is 10.1. The van der Waals surface area contributed by atoms with Gasteiger partial charge in [-0.1, -0.05) is 38.0 Å². The minimum Gasteiger partial charge on any atom is -0.435 e. The molecule has 3 N–H and O–H groups in total. The van der Waals surface area contributed by atoms with Crippen LogP contribution < -0.4 is 15.8 Å². The molecule has 22 heavy (non-hydrogen) atoms. The number of hydrogen-bond acceptors (Lipinski definition) is 3. The standard InChI is InChI=1S/C15H22F2N2O2.ClH/c1-2-3-7-12(10-18)19-14(20)9-11-6-4-5-8-13(11)21-15(16)17;/h4-6,8,12,15H,2-3,7,9-10,18H2,1H3,(H,19,20);1H. The fourth-order valence-corrected chi connectivity index (χ4v) is 2.01. The number of benzene rings is 1. The number of ether oxygens (including phenoxy) is 1. The molecule has 126 valence electrons. The zero-order valence-corrected chi connectivity index (χ0v) is 13.4. The molecule has 1 amide bonds. The Hall–Kier alpha value is -1.40. The van der Waals surface area contributed by atoms with Gasteiger partial charge in [-0.15, -0.1) is 12.4 Å². The minimum atomic E-state index is -2.91. The molecular weight excluding hydrogens is 314 g/mol. The van der Waals surface area contributed by atoms with E-state index in [4.69, 9.17) is 5.73 Å². The number of rotatable bonds is 9. The number of hydrogen-bond donors (Lipinski definition) is 2. The Morgan fingerprint density at radius 1 is 1.36 bits per heavy atom. The highest BCUT2D eigenvalue weighted by atomic mass is 35.5. The predicted molar refractivity (Wildman–Crippen MR) is 84.5 cm³/mol. The van der Waals surface area contributed by atoms with E-state index >= 15 is 0 Å². The van der Waals surface area contributed by atoms with Crippen LogP contribution >= 0.6 is 12.4 Å². The van der Waals surface area contributed by atoms with Gasteiger partial charge >= 0.3 is 6.61 Å². The summed E-state index contributed by atoms with van der Waals surface area (Å²) in [5.41, 5.74) is 6.04. The number of nitrogens with one attached hydrogen (secondary N) is 1. The topological polar surface area (TPSA) is 64.3 Å². The van der Waals surface area contributed by atoms with E-state index in [-0.39, 0.29) is 36.5 Å². The molecule has 0 aromatic heterocycles. The summed E-state index contributed by atoms with van der Waals surface area (Å²) in [6.45, 7) is -0.482. The first-order chi connectivity index (χ1) is 10.1. The molecule has 0 heterocycles. The van der Waals surface area contributed by atoms with Gasteiger partial charge in [-0.25, -0.2) is 0 Å². The summed E-state index contributed by atoms with van der Waals surface area (Å²) in [6, 6.07) is 6.20. The summed E-state index contributed by atoms with van der Waals surface area (Å²) in [5.74, 6) is -0.215. The normalized spacial score (nSPS) is 11.7. The molecule has 0 aliphatic heterocycles. The Morgan fingerprint density at radius 3 is 2.64 bits per heavy atom. The highest BCUT2D eigenvalue weighted by Gasteiger charge is 2.14. The van der Waals surface area contributed by atoms with Gasteiger partial charge in [-0.3, -0.25) is 4.79 Å². The first-order valence-corrected chi connectivity index (χ1v) is 7.09. The summed E-state index contributed by atoms with van der Waals surface area (Å²) in [4.78, 5) is 12.0. The van der Waals surface area contributed by atoms with Gasteiger partial charge in [0.2, 0.25) is 5.91 Å². The Bertz CT molecular complexity index is 447. The van der Waals surface area contributed by atoms with E-state index in [0.29, 0.717) is 12.1 Å². The number of halogens is 3. The van der Waals surface area contributed by atoms with Crippen molar-refractivity contribution in [1.82, 2.24) is 5.32 Å². The summed E-state index contributed by atoms with van der Waals surface area (Å²) in [7, 11) is 0. The molecule has 0 aliphatic carbocycles. The van der Waals surface area contributed by atoms with E-state index in [0.717, 1.165) is 19.3 Å². The van der Waals surface area contributed by atoms with Crippen molar-refractivity contribution in [3.8, 4) is 5.75 Å². The largest absolute Gasteiger partial charge is 0.435 e. The molecule has 0 saturated heterocycles. The fourth-order valence-electron chi connectivity index (χ4n) is 2.01. The maximum absolute atomic E-state index is 12.3. The maximum Gasteiger partial charge on any atom is 0.387 e. The third kappa shape index (κ3) is 7.56. The van der Waals surface area contributed by atoms with Crippen molar-refractivity contribution in [1.29, 1.82) is 0 Å². The second-order valence-corrected chi connectivity index (χ2v) is 4.81. The first-order valence-electron chi connectivity index (χ1n) is 7.09. The fraction of sp³-hybridized carbons (Fsp3) is 0.533. The first kappa shape index (κ1) is 20.6. The molecule has 0 saturated carbocycles. The lowest BCUT2D eigenvalue weighted by Gasteiger charge is -2.17. The molecule has 1 unspecified atom stereocenters. The third-order valence-corrected chi connectivity index (χ3v) is 3.10. The molecule has 4 nitrogen and oxygen atoms in total.